The molecule has 4 nitrogen and oxygen atoms in total. The molecule has 2 N–H and O–H groups in total. The van der Waals surface area contributed by atoms with E-state index in [1.165, 1.54) is 27.7 Å². The molecule has 0 amide bonds. The average molecular weight is 505 g/mol. The Bertz CT molecular complexity index is 1260. The second kappa shape index (κ2) is 9.09. The van der Waals surface area contributed by atoms with Crippen molar-refractivity contribution in [3.63, 3.8) is 0 Å². The first-order valence-corrected chi connectivity index (χ1v) is 14.2. The Morgan fingerprint density at radius 1 is 1.03 bits per heavy atom. The third-order valence-electron chi connectivity index (χ3n) is 9.83. The smallest absolute Gasteiger partial charge is 0.0951 e. The van der Waals surface area contributed by atoms with Crippen LogP contribution in [0.15, 0.2) is 48.5 Å². The minimum absolute atomic E-state index is 0.0606. The van der Waals surface area contributed by atoms with E-state index in [0.29, 0.717) is 30.5 Å². The van der Waals surface area contributed by atoms with Crippen molar-refractivity contribution in [2.75, 3.05) is 38.3 Å². The molecule has 37 heavy (non-hydrogen) atoms. The summed E-state index contributed by atoms with van der Waals surface area (Å²) in [6.45, 7) is 4.78. The number of nitrogens with one attached hydrogen (secondary N) is 2. The molecule has 3 atom stereocenters. The summed E-state index contributed by atoms with van der Waals surface area (Å²) < 4.78 is 26.4. The number of nitrogens with zero attached hydrogens (tertiary/aromatic N) is 2. The van der Waals surface area contributed by atoms with E-state index in [-0.39, 0.29) is 24.8 Å². The van der Waals surface area contributed by atoms with Gasteiger partial charge >= 0.3 is 0 Å². The van der Waals surface area contributed by atoms with Gasteiger partial charge in [0.2, 0.25) is 0 Å². The van der Waals surface area contributed by atoms with Crippen LogP contribution in [-0.4, -0.2) is 65.9 Å². The molecule has 2 aliphatic heterocycles. The van der Waals surface area contributed by atoms with Gasteiger partial charge in [0.1, 0.15) is 0 Å². The van der Waals surface area contributed by atoms with Crippen molar-refractivity contribution >= 4 is 16.6 Å². The maximum atomic E-state index is 14.0. The molecule has 1 aromatic heterocycles. The van der Waals surface area contributed by atoms with Gasteiger partial charge < -0.3 is 10.3 Å². The lowest BCUT2D eigenvalue weighted by Gasteiger charge is -2.46. The molecule has 6 heteroatoms. The predicted octanol–water partition coefficient (Wildman–Crippen LogP) is 6.10. The van der Waals surface area contributed by atoms with Crippen molar-refractivity contribution < 1.29 is 8.78 Å². The van der Waals surface area contributed by atoms with Crippen molar-refractivity contribution in [1.82, 2.24) is 14.8 Å². The maximum absolute atomic E-state index is 14.0. The summed E-state index contributed by atoms with van der Waals surface area (Å²) in [5.74, 6) is 0.617. The number of anilines is 1. The lowest BCUT2D eigenvalue weighted by atomic mass is 9.70. The fraction of sp³-hybridized carbons (Fsp3) is 0.548. The number of alkyl halides is 2. The van der Waals surface area contributed by atoms with E-state index < -0.39 is 0 Å². The van der Waals surface area contributed by atoms with Gasteiger partial charge in [-0.05, 0) is 74.3 Å². The van der Waals surface area contributed by atoms with E-state index in [4.69, 9.17) is 0 Å². The first-order chi connectivity index (χ1) is 18.1. The van der Waals surface area contributed by atoms with Gasteiger partial charge in [-0.25, -0.2) is 0 Å². The molecule has 5 aliphatic rings. The Labute approximate surface area is 218 Å². The van der Waals surface area contributed by atoms with E-state index in [9.17, 15) is 8.78 Å². The van der Waals surface area contributed by atoms with Crippen molar-refractivity contribution in [1.29, 1.82) is 0 Å². The molecule has 1 saturated heterocycles. The van der Waals surface area contributed by atoms with Crippen LogP contribution in [0.4, 0.5) is 14.5 Å². The highest BCUT2D eigenvalue weighted by atomic mass is 19.1. The van der Waals surface area contributed by atoms with Crippen LogP contribution in [0.25, 0.3) is 10.9 Å². The summed E-state index contributed by atoms with van der Waals surface area (Å²) >= 11 is 0. The molecule has 2 bridgehead atoms. The van der Waals surface area contributed by atoms with Gasteiger partial charge in [-0.3, -0.25) is 18.6 Å². The summed E-state index contributed by atoms with van der Waals surface area (Å²) in [6, 6.07) is 19.1. The van der Waals surface area contributed by atoms with Gasteiger partial charge in [0, 0.05) is 59.4 Å². The van der Waals surface area contributed by atoms with Crippen LogP contribution in [0.5, 0.6) is 0 Å². The number of H-pyrrole nitrogens is 1. The Kier molecular flexibility index (Phi) is 5.81. The number of rotatable bonds is 8. The predicted molar refractivity (Wildman–Crippen MR) is 146 cm³/mol. The average Bonchev–Trinajstić information content (AvgIpc) is 3.54. The van der Waals surface area contributed by atoms with Crippen molar-refractivity contribution in [3.05, 3.63) is 65.4 Å². The molecule has 0 unspecified atom stereocenters. The second-order valence-corrected chi connectivity index (χ2v) is 12.3. The summed E-state index contributed by atoms with van der Waals surface area (Å²) in [5.41, 5.74) is 6.37. The SMILES string of the molecule is C[C@H]1Cc2c([nH]c3ccccc23)[C@H](c2ccc(NC3CN(CCCF)C3)cc2)N1[C@@H]1CC2(CF)CC1C2. The fourth-order valence-corrected chi connectivity index (χ4v) is 8.07. The van der Waals surface area contributed by atoms with E-state index in [1.807, 2.05) is 0 Å². The van der Waals surface area contributed by atoms with Crippen LogP contribution >= 0.6 is 0 Å². The monoisotopic (exact) mass is 504 g/mol. The number of fused-ring (bicyclic) bond motifs is 4. The van der Waals surface area contributed by atoms with Crippen molar-refractivity contribution in [2.45, 2.75) is 63.2 Å². The molecule has 0 radical (unpaired) electrons. The molecule has 196 valence electrons. The number of benzene rings is 2. The number of para-hydroxylation sites is 1. The molecule has 2 aromatic carbocycles. The van der Waals surface area contributed by atoms with Gasteiger partial charge in [0.25, 0.3) is 0 Å². The summed E-state index contributed by atoms with van der Waals surface area (Å²) in [5, 5.41) is 5.00. The van der Waals surface area contributed by atoms with Gasteiger partial charge in [-0.15, -0.1) is 0 Å². The normalized spacial score (nSPS) is 31.8. The number of hydrogen-bond acceptors (Lipinski definition) is 3. The number of aromatic nitrogens is 1. The molecule has 3 aliphatic carbocycles. The summed E-state index contributed by atoms with van der Waals surface area (Å²) in [6.07, 6.45) is 4.75. The van der Waals surface area contributed by atoms with Gasteiger partial charge in [0.15, 0.2) is 0 Å². The second-order valence-electron chi connectivity index (χ2n) is 12.3. The van der Waals surface area contributed by atoms with Crippen molar-refractivity contribution in [2.24, 2.45) is 11.3 Å². The molecule has 0 spiro atoms. The highest BCUT2D eigenvalue weighted by Crippen LogP contribution is 2.62. The van der Waals surface area contributed by atoms with E-state index in [2.05, 4.69) is 75.6 Å². The molecule has 3 heterocycles. The molecule has 4 fully saturated rings. The lowest BCUT2D eigenvalue weighted by molar-refractivity contribution is 0.0596. The molecule has 3 aromatic rings. The van der Waals surface area contributed by atoms with Crippen LogP contribution < -0.4 is 5.32 Å². The van der Waals surface area contributed by atoms with Crippen LogP contribution in [0, 0.1) is 11.3 Å². The van der Waals surface area contributed by atoms with E-state index in [1.54, 1.807) is 0 Å². The molecule has 3 saturated carbocycles. The van der Waals surface area contributed by atoms with Crippen LogP contribution in [0.2, 0.25) is 0 Å². The minimum atomic E-state index is -0.235. The van der Waals surface area contributed by atoms with E-state index >= 15 is 0 Å². The Morgan fingerprint density at radius 2 is 1.81 bits per heavy atom. The van der Waals surface area contributed by atoms with Gasteiger partial charge in [-0.2, -0.15) is 0 Å². The zero-order valence-corrected chi connectivity index (χ0v) is 21.7. The third kappa shape index (κ3) is 3.90. The highest BCUT2D eigenvalue weighted by Gasteiger charge is 2.59. The first-order valence-electron chi connectivity index (χ1n) is 14.2. The zero-order chi connectivity index (χ0) is 25.1. The Hall–Kier alpha value is -2.44. The van der Waals surface area contributed by atoms with Crippen molar-refractivity contribution in [3.8, 4) is 0 Å². The Balaban J connectivity index is 1.18. The third-order valence-corrected chi connectivity index (χ3v) is 9.83. The maximum Gasteiger partial charge on any atom is 0.0951 e. The standard InChI is InChI=1S/C31H38F2N4/c1-20-13-26-25-5-2-3-6-27(25)35-29(26)30(37(20)28-16-31(19-33)14-22(28)15-31)21-7-9-23(10-8-21)34-24-17-36(18-24)12-4-11-32/h2-3,5-10,20,22,24,28,30,34-35H,4,11-19H2,1H3/t20-,22?,28+,30-,31?/m0/s1. The largest absolute Gasteiger partial charge is 0.380 e. The number of likely N-dealkylation sites (tertiary alicyclic amines) is 1. The van der Waals surface area contributed by atoms with Crippen LogP contribution in [0.3, 0.4) is 0 Å². The minimum Gasteiger partial charge on any atom is -0.380 e. The number of halogens is 2. The topological polar surface area (TPSA) is 34.3 Å². The highest BCUT2D eigenvalue weighted by molar-refractivity contribution is 5.85. The molecular formula is C31H38F2N4. The summed E-state index contributed by atoms with van der Waals surface area (Å²) in [7, 11) is 0. The van der Waals surface area contributed by atoms with Gasteiger partial charge in [-0.1, -0.05) is 30.3 Å². The molecule has 8 rings (SSSR count). The quantitative estimate of drug-likeness (QED) is 0.389. The Morgan fingerprint density at radius 3 is 2.54 bits per heavy atom. The molecular weight excluding hydrogens is 466 g/mol. The lowest BCUT2D eigenvalue weighted by Crippen LogP contribution is -2.54. The zero-order valence-electron chi connectivity index (χ0n) is 21.7. The fourth-order valence-electron chi connectivity index (χ4n) is 8.07. The first kappa shape index (κ1) is 23.7. The number of hydrogen-bond donors (Lipinski definition) is 2. The van der Waals surface area contributed by atoms with Gasteiger partial charge in [0.05, 0.1) is 25.4 Å². The van der Waals surface area contributed by atoms with Crippen LogP contribution in [-0.2, 0) is 6.42 Å². The number of aromatic amines is 1. The summed E-state index contributed by atoms with van der Waals surface area (Å²) in [4.78, 5) is 8.86. The van der Waals surface area contributed by atoms with Crippen LogP contribution in [0.1, 0.15) is 55.5 Å². The van der Waals surface area contributed by atoms with E-state index in [0.717, 1.165) is 51.0 Å².